The van der Waals surface area contributed by atoms with Crippen LogP contribution in [0.4, 0.5) is 0 Å². The minimum atomic E-state index is -0.595. The third kappa shape index (κ3) is 3.91. The van der Waals surface area contributed by atoms with E-state index in [9.17, 15) is 9.90 Å². The van der Waals surface area contributed by atoms with Crippen molar-refractivity contribution in [3.63, 3.8) is 0 Å². The Kier molecular flexibility index (Phi) is 5.66. The van der Waals surface area contributed by atoms with Crippen molar-refractivity contribution >= 4 is 29.2 Å². The largest absolute Gasteiger partial charge is 0.490 e. The lowest BCUT2D eigenvalue weighted by atomic mass is 10.2. The topological polar surface area (TPSA) is 55.8 Å². The molecule has 116 valence electrons. The summed E-state index contributed by atoms with van der Waals surface area (Å²) in [5.41, 5.74) is 0.869. The van der Waals surface area contributed by atoms with Gasteiger partial charge in [-0.2, -0.15) is 0 Å². The lowest BCUT2D eigenvalue weighted by Crippen LogP contribution is -2.10. The number of halogens is 2. The molecule has 0 saturated carbocycles. The molecule has 0 heterocycles. The van der Waals surface area contributed by atoms with Crippen molar-refractivity contribution in [3.05, 3.63) is 57.6 Å². The molecule has 22 heavy (non-hydrogen) atoms. The summed E-state index contributed by atoms with van der Waals surface area (Å²) < 4.78 is 10.8. The molecule has 0 atom stereocenters. The lowest BCUT2D eigenvalue weighted by Gasteiger charge is -2.13. The highest BCUT2D eigenvalue weighted by Crippen LogP contribution is 2.37. The monoisotopic (exact) mass is 340 g/mol. The normalized spacial score (nSPS) is 10.4. The van der Waals surface area contributed by atoms with Gasteiger partial charge in [-0.05, 0) is 42.8 Å². The van der Waals surface area contributed by atoms with Crippen LogP contribution in [0.1, 0.15) is 22.8 Å². The number of ether oxygens (including phenoxy) is 2. The van der Waals surface area contributed by atoms with E-state index in [1.54, 1.807) is 31.2 Å². The quantitative estimate of drug-likeness (QED) is 0.657. The van der Waals surface area contributed by atoms with Crippen LogP contribution in [-0.4, -0.2) is 17.7 Å². The fraction of sp³-hybridized carbons (Fsp3) is 0.188. The van der Waals surface area contributed by atoms with Crippen molar-refractivity contribution < 1.29 is 19.4 Å². The van der Waals surface area contributed by atoms with Gasteiger partial charge in [0.25, 0.3) is 0 Å². The van der Waals surface area contributed by atoms with Crippen molar-refractivity contribution in [2.45, 2.75) is 13.5 Å². The van der Waals surface area contributed by atoms with Crippen LogP contribution in [-0.2, 0) is 6.61 Å². The summed E-state index contributed by atoms with van der Waals surface area (Å²) >= 11 is 12.0. The van der Waals surface area contributed by atoms with Crippen molar-refractivity contribution in [1.29, 1.82) is 0 Å². The molecule has 0 aliphatic rings. The molecule has 0 amide bonds. The minimum Gasteiger partial charge on any atom is -0.490 e. The molecule has 1 N–H and O–H groups in total. The lowest BCUT2D eigenvalue weighted by molar-refractivity contribution is 0.0728. The van der Waals surface area contributed by atoms with E-state index in [0.717, 1.165) is 0 Å². The third-order valence-corrected chi connectivity index (χ3v) is 3.32. The maximum atomic E-state index is 12.2. The van der Waals surface area contributed by atoms with Crippen LogP contribution in [0.3, 0.4) is 0 Å². The van der Waals surface area contributed by atoms with Crippen molar-refractivity contribution in [2.75, 3.05) is 6.61 Å². The summed E-state index contributed by atoms with van der Waals surface area (Å²) in [6.07, 6.45) is 0. The van der Waals surface area contributed by atoms with Gasteiger partial charge in [0.2, 0.25) is 0 Å². The van der Waals surface area contributed by atoms with Gasteiger partial charge < -0.3 is 14.6 Å². The van der Waals surface area contributed by atoms with Gasteiger partial charge in [0.1, 0.15) is 0 Å². The second kappa shape index (κ2) is 7.49. The SMILES string of the molecule is CCOc1cc(CO)cc(Cl)c1OC(=O)c1cccc(Cl)c1. The average Bonchev–Trinajstić information content (AvgIpc) is 2.50. The van der Waals surface area contributed by atoms with E-state index < -0.39 is 5.97 Å². The van der Waals surface area contributed by atoms with Crippen LogP contribution in [0.2, 0.25) is 10.0 Å². The van der Waals surface area contributed by atoms with Gasteiger partial charge in [-0.3, -0.25) is 0 Å². The summed E-state index contributed by atoms with van der Waals surface area (Å²) in [6, 6.07) is 9.50. The molecule has 0 saturated heterocycles. The highest BCUT2D eigenvalue weighted by molar-refractivity contribution is 6.32. The van der Waals surface area contributed by atoms with Crippen LogP contribution in [0.5, 0.6) is 11.5 Å². The number of aliphatic hydroxyl groups excluding tert-OH is 1. The number of hydrogen-bond donors (Lipinski definition) is 1. The molecule has 4 nitrogen and oxygen atoms in total. The first-order valence-corrected chi connectivity index (χ1v) is 7.34. The number of carbonyl (C=O) groups excluding carboxylic acids is 1. The van der Waals surface area contributed by atoms with Crippen LogP contribution in [0, 0.1) is 0 Å². The zero-order valence-corrected chi connectivity index (χ0v) is 13.3. The van der Waals surface area contributed by atoms with Crippen LogP contribution < -0.4 is 9.47 Å². The van der Waals surface area contributed by atoms with Crippen LogP contribution >= 0.6 is 23.2 Å². The summed E-state index contributed by atoms with van der Waals surface area (Å²) in [5, 5.41) is 9.82. The Labute approximate surface area is 138 Å². The zero-order valence-electron chi connectivity index (χ0n) is 11.8. The Hall–Kier alpha value is -1.75. The third-order valence-electron chi connectivity index (χ3n) is 2.81. The first-order valence-electron chi connectivity index (χ1n) is 6.59. The Balaban J connectivity index is 2.33. The molecule has 0 bridgehead atoms. The van der Waals surface area contributed by atoms with E-state index in [2.05, 4.69) is 0 Å². The summed E-state index contributed by atoms with van der Waals surface area (Å²) in [4.78, 5) is 12.2. The summed E-state index contributed by atoms with van der Waals surface area (Å²) in [7, 11) is 0. The number of aliphatic hydroxyl groups is 1. The second-order valence-electron chi connectivity index (χ2n) is 4.40. The van der Waals surface area contributed by atoms with Crippen LogP contribution in [0.15, 0.2) is 36.4 Å². The van der Waals surface area contributed by atoms with E-state index >= 15 is 0 Å². The highest BCUT2D eigenvalue weighted by atomic mass is 35.5. The predicted molar refractivity (Wildman–Crippen MR) is 85.0 cm³/mol. The maximum Gasteiger partial charge on any atom is 0.343 e. The average molecular weight is 341 g/mol. The molecule has 6 heteroatoms. The molecule has 2 rings (SSSR count). The molecule has 0 unspecified atom stereocenters. The van der Waals surface area contributed by atoms with Crippen molar-refractivity contribution in [2.24, 2.45) is 0 Å². The van der Waals surface area contributed by atoms with Gasteiger partial charge >= 0.3 is 5.97 Å². The molecular formula is C16H14Cl2O4. The molecule has 2 aromatic carbocycles. The van der Waals surface area contributed by atoms with E-state index in [4.69, 9.17) is 32.7 Å². The van der Waals surface area contributed by atoms with Gasteiger partial charge in [-0.25, -0.2) is 4.79 Å². The fourth-order valence-electron chi connectivity index (χ4n) is 1.84. The zero-order chi connectivity index (χ0) is 16.1. The molecule has 0 fully saturated rings. The molecule has 2 aromatic rings. The maximum absolute atomic E-state index is 12.2. The summed E-state index contributed by atoms with van der Waals surface area (Å²) in [6.45, 7) is 1.97. The number of rotatable bonds is 5. The Morgan fingerprint density at radius 2 is 2.00 bits per heavy atom. The van der Waals surface area contributed by atoms with Crippen molar-refractivity contribution in [1.82, 2.24) is 0 Å². The number of benzene rings is 2. The van der Waals surface area contributed by atoms with E-state index in [-0.39, 0.29) is 17.4 Å². The minimum absolute atomic E-state index is 0.116. The van der Waals surface area contributed by atoms with E-state index in [1.807, 2.05) is 0 Å². The highest BCUT2D eigenvalue weighted by Gasteiger charge is 2.17. The Morgan fingerprint density at radius 3 is 2.64 bits per heavy atom. The first-order chi connectivity index (χ1) is 10.5. The van der Waals surface area contributed by atoms with Gasteiger partial charge in [-0.15, -0.1) is 0 Å². The van der Waals surface area contributed by atoms with Crippen molar-refractivity contribution in [3.8, 4) is 11.5 Å². The first kappa shape index (κ1) is 16.6. The Bertz CT molecular complexity index is 686. The van der Waals surface area contributed by atoms with Crippen LogP contribution in [0.25, 0.3) is 0 Å². The van der Waals surface area contributed by atoms with E-state index in [1.165, 1.54) is 12.1 Å². The van der Waals surface area contributed by atoms with Gasteiger partial charge in [0, 0.05) is 5.02 Å². The molecule has 0 radical (unpaired) electrons. The molecule has 0 aromatic heterocycles. The number of carbonyl (C=O) groups is 1. The predicted octanol–water partition coefficient (Wildman–Crippen LogP) is 4.10. The van der Waals surface area contributed by atoms with Gasteiger partial charge in [0.15, 0.2) is 11.5 Å². The fourth-order valence-corrected chi connectivity index (χ4v) is 2.30. The second-order valence-corrected chi connectivity index (χ2v) is 5.24. The van der Waals surface area contributed by atoms with Gasteiger partial charge in [0.05, 0.1) is 23.8 Å². The molecule has 0 aliphatic carbocycles. The smallest absolute Gasteiger partial charge is 0.343 e. The van der Waals surface area contributed by atoms with E-state index in [0.29, 0.717) is 28.5 Å². The standard InChI is InChI=1S/C16H14Cl2O4/c1-2-21-14-7-10(9-19)6-13(18)15(14)22-16(20)11-4-3-5-12(17)8-11/h3-8,19H,2,9H2,1H3. The molecule has 0 aliphatic heterocycles. The number of hydrogen-bond acceptors (Lipinski definition) is 4. The summed E-state index contributed by atoms with van der Waals surface area (Å²) in [5.74, 6) is -0.178. The molecular weight excluding hydrogens is 327 g/mol. The number of esters is 1. The van der Waals surface area contributed by atoms with Gasteiger partial charge in [-0.1, -0.05) is 29.3 Å². The molecule has 0 spiro atoms. The Morgan fingerprint density at radius 1 is 1.23 bits per heavy atom.